The van der Waals surface area contributed by atoms with E-state index in [4.69, 9.17) is 5.73 Å². The number of fused-ring (bicyclic) bond motifs is 2. The standard InChI is InChI=1S/C30H33N/c1-2-3-4-5-6-7-8-9-12-21-19-23-14-11-15-24-25-16-10-13-22-17-18-27(31)30(29(22)25)26(20-21)28(23)24/h10-11,13-20H,2-9,12,31H2,1H3. The molecular weight excluding hydrogens is 374 g/mol. The topological polar surface area (TPSA) is 26.0 Å². The average Bonchev–Trinajstić information content (AvgIpc) is 2.79. The molecule has 0 heterocycles. The minimum atomic E-state index is 0.889. The fraction of sp³-hybridized carbons (Fsp3) is 0.333. The van der Waals surface area contributed by atoms with Crippen LogP contribution in [0.4, 0.5) is 5.69 Å². The summed E-state index contributed by atoms with van der Waals surface area (Å²) < 4.78 is 0. The van der Waals surface area contributed by atoms with Gasteiger partial charge >= 0.3 is 0 Å². The van der Waals surface area contributed by atoms with Crippen LogP contribution in [0.1, 0.15) is 63.9 Å². The van der Waals surface area contributed by atoms with Gasteiger partial charge in [-0.15, -0.1) is 0 Å². The minimum Gasteiger partial charge on any atom is -0.398 e. The van der Waals surface area contributed by atoms with Crippen LogP contribution in [0.3, 0.4) is 0 Å². The summed E-state index contributed by atoms with van der Waals surface area (Å²) in [5, 5.41) is 10.5. The Morgan fingerprint density at radius 2 is 1.26 bits per heavy atom. The number of hydrogen-bond donors (Lipinski definition) is 1. The summed E-state index contributed by atoms with van der Waals surface area (Å²) in [5.74, 6) is 0. The van der Waals surface area contributed by atoms with Crippen molar-refractivity contribution in [3.8, 4) is 0 Å². The van der Waals surface area contributed by atoms with Crippen molar-refractivity contribution in [2.45, 2.75) is 64.7 Å². The average molecular weight is 408 g/mol. The summed E-state index contributed by atoms with van der Waals surface area (Å²) in [6, 6.07) is 22.4. The highest BCUT2D eigenvalue weighted by molar-refractivity contribution is 6.35. The zero-order valence-corrected chi connectivity index (χ0v) is 18.7. The predicted molar refractivity (Wildman–Crippen MR) is 138 cm³/mol. The lowest BCUT2D eigenvalue weighted by Gasteiger charge is -2.17. The molecule has 0 aromatic heterocycles. The Morgan fingerprint density at radius 3 is 2.03 bits per heavy atom. The zero-order chi connectivity index (χ0) is 21.2. The Balaban J connectivity index is 1.50. The molecule has 5 aromatic rings. The molecule has 0 unspecified atom stereocenters. The van der Waals surface area contributed by atoms with Gasteiger partial charge < -0.3 is 5.73 Å². The first-order valence-electron chi connectivity index (χ1n) is 12.2. The molecule has 0 amide bonds. The minimum absolute atomic E-state index is 0.889. The molecule has 0 bridgehead atoms. The number of rotatable bonds is 9. The first-order valence-corrected chi connectivity index (χ1v) is 12.2. The number of hydrogen-bond acceptors (Lipinski definition) is 1. The molecule has 0 fully saturated rings. The first kappa shape index (κ1) is 20.1. The lowest BCUT2D eigenvalue weighted by Crippen LogP contribution is -1.94. The third-order valence-electron chi connectivity index (χ3n) is 6.99. The highest BCUT2D eigenvalue weighted by Gasteiger charge is 2.15. The van der Waals surface area contributed by atoms with E-state index in [9.17, 15) is 0 Å². The lowest BCUT2D eigenvalue weighted by atomic mass is 9.87. The van der Waals surface area contributed by atoms with Crippen molar-refractivity contribution in [1.29, 1.82) is 0 Å². The number of nitrogen functional groups attached to an aromatic ring is 1. The molecule has 31 heavy (non-hydrogen) atoms. The fourth-order valence-corrected chi connectivity index (χ4v) is 5.43. The van der Waals surface area contributed by atoms with Crippen molar-refractivity contribution >= 4 is 48.8 Å². The summed E-state index contributed by atoms with van der Waals surface area (Å²) in [5.41, 5.74) is 8.91. The summed E-state index contributed by atoms with van der Waals surface area (Å²) in [7, 11) is 0. The number of benzene rings is 5. The van der Waals surface area contributed by atoms with Gasteiger partial charge in [-0.1, -0.05) is 106 Å². The molecule has 0 aliphatic rings. The molecule has 0 radical (unpaired) electrons. The maximum atomic E-state index is 6.57. The summed E-state index contributed by atoms with van der Waals surface area (Å²) in [6.07, 6.45) is 12.0. The van der Waals surface area contributed by atoms with Gasteiger partial charge in [0.15, 0.2) is 0 Å². The molecule has 0 atom stereocenters. The van der Waals surface area contributed by atoms with Crippen molar-refractivity contribution in [2.75, 3.05) is 5.73 Å². The Bertz CT molecular complexity index is 1330. The number of unbranched alkanes of at least 4 members (excludes halogenated alkanes) is 7. The Morgan fingerprint density at radius 1 is 0.581 bits per heavy atom. The predicted octanol–water partition coefficient (Wildman–Crippen LogP) is 9.00. The van der Waals surface area contributed by atoms with Gasteiger partial charge in [-0.25, -0.2) is 0 Å². The Kier molecular flexibility index (Phi) is 5.68. The van der Waals surface area contributed by atoms with Gasteiger partial charge in [-0.3, -0.25) is 0 Å². The van der Waals surface area contributed by atoms with Crippen LogP contribution in [0, 0.1) is 0 Å². The second kappa shape index (κ2) is 8.75. The van der Waals surface area contributed by atoms with Crippen molar-refractivity contribution in [2.24, 2.45) is 0 Å². The van der Waals surface area contributed by atoms with Gasteiger partial charge in [0.2, 0.25) is 0 Å². The molecule has 158 valence electrons. The summed E-state index contributed by atoms with van der Waals surface area (Å²) in [6.45, 7) is 2.28. The van der Waals surface area contributed by atoms with Crippen molar-refractivity contribution in [3.05, 3.63) is 66.2 Å². The van der Waals surface area contributed by atoms with E-state index >= 15 is 0 Å². The molecule has 2 N–H and O–H groups in total. The molecule has 5 rings (SSSR count). The van der Waals surface area contributed by atoms with E-state index in [1.165, 1.54) is 100 Å². The van der Waals surface area contributed by atoms with Gasteiger partial charge in [-0.2, -0.15) is 0 Å². The van der Waals surface area contributed by atoms with Crippen LogP contribution < -0.4 is 5.73 Å². The molecule has 1 heteroatoms. The Hall–Kier alpha value is -2.80. The lowest BCUT2D eigenvalue weighted by molar-refractivity contribution is 0.575. The van der Waals surface area contributed by atoms with Crippen LogP contribution >= 0.6 is 0 Å². The maximum Gasteiger partial charge on any atom is 0.0400 e. The second-order valence-electron chi connectivity index (χ2n) is 9.21. The van der Waals surface area contributed by atoms with E-state index in [2.05, 4.69) is 67.6 Å². The van der Waals surface area contributed by atoms with Crippen LogP contribution in [0.5, 0.6) is 0 Å². The van der Waals surface area contributed by atoms with Crippen molar-refractivity contribution in [1.82, 2.24) is 0 Å². The van der Waals surface area contributed by atoms with Crippen LogP contribution in [-0.2, 0) is 6.42 Å². The summed E-state index contributed by atoms with van der Waals surface area (Å²) in [4.78, 5) is 0. The van der Waals surface area contributed by atoms with Gasteiger partial charge in [-0.05, 0) is 62.2 Å². The third-order valence-corrected chi connectivity index (χ3v) is 6.99. The van der Waals surface area contributed by atoms with Crippen LogP contribution in [0.15, 0.2) is 60.7 Å². The molecule has 1 nitrogen and oxygen atoms in total. The van der Waals surface area contributed by atoms with E-state index in [0.717, 1.165) is 12.1 Å². The SMILES string of the molecule is CCCCCCCCCCc1cc2cccc3c4cccc5ccc(N)c(c(c1)c23)c54. The third kappa shape index (κ3) is 3.71. The van der Waals surface area contributed by atoms with Gasteiger partial charge in [0, 0.05) is 11.1 Å². The monoisotopic (exact) mass is 407 g/mol. The molecule has 0 saturated heterocycles. The zero-order valence-electron chi connectivity index (χ0n) is 18.7. The fourth-order valence-electron chi connectivity index (χ4n) is 5.43. The van der Waals surface area contributed by atoms with E-state index < -0.39 is 0 Å². The van der Waals surface area contributed by atoms with Crippen LogP contribution in [0.2, 0.25) is 0 Å². The molecule has 5 aromatic carbocycles. The maximum absolute atomic E-state index is 6.57. The highest BCUT2D eigenvalue weighted by atomic mass is 14.6. The number of aryl methyl sites for hydroxylation is 1. The van der Waals surface area contributed by atoms with E-state index in [0.29, 0.717) is 0 Å². The van der Waals surface area contributed by atoms with E-state index in [1.807, 2.05) is 0 Å². The molecule has 0 aliphatic heterocycles. The van der Waals surface area contributed by atoms with Crippen LogP contribution in [0.25, 0.3) is 43.1 Å². The summed E-state index contributed by atoms with van der Waals surface area (Å²) >= 11 is 0. The van der Waals surface area contributed by atoms with Gasteiger partial charge in [0.25, 0.3) is 0 Å². The van der Waals surface area contributed by atoms with Gasteiger partial charge in [0.1, 0.15) is 0 Å². The van der Waals surface area contributed by atoms with Gasteiger partial charge in [0.05, 0.1) is 0 Å². The molecule has 0 saturated carbocycles. The molecule has 0 spiro atoms. The van der Waals surface area contributed by atoms with Crippen molar-refractivity contribution < 1.29 is 0 Å². The largest absolute Gasteiger partial charge is 0.398 e. The number of anilines is 1. The highest BCUT2D eigenvalue weighted by Crippen LogP contribution is 2.42. The van der Waals surface area contributed by atoms with Crippen molar-refractivity contribution in [3.63, 3.8) is 0 Å². The Labute approximate surface area is 185 Å². The van der Waals surface area contributed by atoms with E-state index in [1.54, 1.807) is 0 Å². The normalized spacial score (nSPS) is 12.0. The molecule has 0 aliphatic carbocycles. The molecular formula is C30H33N. The van der Waals surface area contributed by atoms with E-state index in [-0.39, 0.29) is 0 Å². The number of nitrogens with two attached hydrogens (primary N) is 1. The quantitative estimate of drug-likeness (QED) is 0.112. The smallest absolute Gasteiger partial charge is 0.0400 e. The first-order chi connectivity index (χ1) is 15.3. The second-order valence-corrected chi connectivity index (χ2v) is 9.21. The van der Waals surface area contributed by atoms with Crippen LogP contribution in [-0.4, -0.2) is 0 Å².